The largest absolute Gasteiger partial charge is 0.231 e. The first-order valence-electron chi connectivity index (χ1n) is 19.8. The van der Waals surface area contributed by atoms with Crippen molar-refractivity contribution in [3.05, 3.63) is 243 Å². The van der Waals surface area contributed by atoms with Crippen molar-refractivity contribution in [1.82, 2.24) is 10.0 Å². The van der Waals surface area contributed by atoms with Crippen LogP contribution in [0.1, 0.15) is 0 Å². The van der Waals surface area contributed by atoms with Crippen molar-refractivity contribution >= 4 is 74.1 Å². The van der Waals surface area contributed by atoms with E-state index in [1.54, 1.807) is 0 Å². The lowest BCUT2D eigenvalue weighted by Gasteiger charge is -2.43. The van der Waals surface area contributed by atoms with Gasteiger partial charge in [0.25, 0.3) is 0 Å². The molecule has 286 valence electrons. The van der Waals surface area contributed by atoms with E-state index < -0.39 is 31.7 Å². The predicted octanol–water partition coefficient (Wildman–Crippen LogP) is 9.87. The molecule has 0 bridgehead atoms. The predicted molar refractivity (Wildman–Crippen MR) is 259 cm³/mol. The van der Waals surface area contributed by atoms with Crippen molar-refractivity contribution in [2.24, 2.45) is 0 Å². The van der Waals surface area contributed by atoms with Gasteiger partial charge in [-0.1, -0.05) is 243 Å². The standard InChI is InChI=1S/C52H48N2P4/c1-9-25-45(26-10-1)55(46-27-11-2-12-28-46)41-53(42-56(47-29-13-3-14-30-47)48-31-15-4-16-32-48)54(43-57(49-33-17-5-18-34-49)50-35-19-6-20-36-50)44-58(51-37-21-7-22-38-51)52-39-23-8-24-40-52/h1-40H,41-44H2. The highest BCUT2D eigenvalue weighted by Gasteiger charge is 2.31. The van der Waals surface area contributed by atoms with Crippen molar-refractivity contribution in [3.8, 4) is 0 Å². The van der Waals surface area contributed by atoms with Crippen LogP contribution >= 0.6 is 31.7 Å². The second-order valence-electron chi connectivity index (χ2n) is 14.0. The fourth-order valence-corrected chi connectivity index (χ4v) is 16.7. The fourth-order valence-electron chi connectivity index (χ4n) is 7.21. The zero-order valence-electron chi connectivity index (χ0n) is 32.6. The molecule has 8 aromatic carbocycles. The summed E-state index contributed by atoms with van der Waals surface area (Å²) in [6.45, 7) is 0. The minimum absolute atomic E-state index is 0.749. The summed E-state index contributed by atoms with van der Waals surface area (Å²) in [4.78, 5) is 0. The molecule has 0 spiro atoms. The molecule has 6 heteroatoms. The maximum Gasteiger partial charge on any atom is 0.0420 e. The first-order valence-corrected chi connectivity index (χ1v) is 25.9. The molecular weight excluding hydrogens is 776 g/mol. The molecule has 2 nitrogen and oxygen atoms in total. The van der Waals surface area contributed by atoms with Crippen LogP contribution < -0.4 is 42.4 Å². The van der Waals surface area contributed by atoms with Crippen molar-refractivity contribution in [2.75, 3.05) is 25.1 Å². The van der Waals surface area contributed by atoms with Gasteiger partial charge in [0, 0.05) is 25.1 Å². The minimum atomic E-state index is -0.749. The third-order valence-electron chi connectivity index (χ3n) is 10.2. The Balaban J connectivity index is 1.32. The highest BCUT2D eigenvalue weighted by atomic mass is 31.1. The molecule has 0 fully saturated rings. The van der Waals surface area contributed by atoms with Gasteiger partial charge in [0.05, 0.1) is 0 Å². The molecular formula is C52H48N2P4. The van der Waals surface area contributed by atoms with E-state index in [9.17, 15) is 0 Å². The van der Waals surface area contributed by atoms with Gasteiger partial charge >= 0.3 is 0 Å². The van der Waals surface area contributed by atoms with Gasteiger partial charge in [-0.25, -0.2) is 10.0 Å². The molecule has 0 saturated heterocycles. The number of hydrazine groups is 1. The maximum absolute atomic E-state index is 2.82. The van der Waals surface area contributed by atoms with Gasteiger partial charge in [0.1, 0.15) is 0 Å². The molecule has 0 saturated carbocycles. The van der Waals surface area contributed by atoms with Crippen LogP contribution in [0.2, 0.25) is 0 Å². The van der Waals surface area contributed by atoms with E-state index in [2.05, 4.69) is 253 Å². The lowest BCUT2D eigenvalue weighted by Crippen LogP contribution is -2.47. The van der Waals surface area contributed by atoms with Gasteiger partial charge in [-0.05, 0) is 74.1 Å². The molecule has 0 N–H and O–H groups in total. The van der Waals surface area contributed by atoms with Crippen LogP contribution in [0.25, 0.3) is 0 Å². The molecule has 0 aliphatic heterocycles. The van der Waals surface area contributed by atoms with Crippen LogP contribution in [-0.2, 0) is 0 Å². The molecule has 0 aliphatic rings. The van der Waals surface area contributed by atoms with Crippen LogP contribution in [-0.4, -0.2) is 35.2 Å². The summed E-state index contributed by atoms with van der Waals surface area (Å²) < 4.78 is 0. The van der Waals surface area contributed by atoms with Crippen molar-refractivity contribution in [1.29, 1.82) is 0 Å². The Morgan fingerprint density at radius 3 is 0.431 bits per heavy atom. The molecule has 0 atom stereocenters. The average Bonchev–Trinajstić information content (AvgIpc) is 3.31. The van der Waals surface area contributed by atoms with Crippen LogP contribution in [0.4, 0.5) is 0 Å². The Hall–Kier alpha value is -4.60. The number of rotatable bonds is 17. The Labute approximate surface area is 350 Å². The SMILES string of the molecule is c1ccc(P(CN(CP(c2ccccc2)c2ccccc2)N(CP(c2ccccc2)c2ccccc2)CP(c2ccccc2)c2ccccc2)c2ccccc2)cc1. The van der Waals surface area contributed by atoms with Gasteiger partial charge in [-0.3, -0.25) is 0 Å². The van der Waals surface area contributed by atoms with E-state index >= 15 is 0 Å². The molecule has 0 heterocycles. The summed E-state index contributed by atoms with van der Waals surface area (Å²) >= 11 is 0. The number of nitrogens with zero attached hydrogens (tertiary/aromatic N) is 2. The van der Waals surface area contributed by atoms with Gasteiger partial charge in [-0.15, -0.1) is 0 Å². The van der Waals surface area contributed by atoms with Gasteiger partial charge < -0.3 is 0 Å². The molecule has 58 heavy (non-hydrogen) atoms. The van der Waals surface area contributed by atoms with E-state index in [1.165, 1.54) is 42.4 Å². The van der Waals surface area contributed by atoms with Gasteiger partial charge in [0.15, 0.2) is 0 Å². The molecule has 0 aromatic heterocycles. The first-order chi connectivity index (χ1) is 28.8. The number of hydrogen-bond acceptors (Lipinski definition) is 2. The third-order valence-corrected chi connectivity index (χ3v) is 20.0. The zero-order valence-corrected chi connectivity index (χ0v) is 36.2. The lowest BCUT2D eigenvalue weighted by atomic mass is 10.4. The van der Waals surface area contributed by atoms with E-state index in [0.717, 1.165) is 25.1 Å². The summed E-state index contributed by atoms with van der Waals surface area (Å²) in [5.41, 5.74) is 0. The second-order valence-corrected chi connectivity index (χ2v) is 22.7. The molecule has 0 unspecified atom stereocenters. The van der Waals surface area contributed by atoms with Crippen molar-refractivity contribution in [2.45, 2.75) is 0 Å². The first kappa shape index (κ1) is 40.2. The van der Waals surface area contributed by atoms with Crippen LogP contribution in [0.3, 0.4) is 0 Å². The Bertz CT molecular complexity index is 1860. The van der Waals surface area contributed by atoms with E-state index in [4.69, 9.17) is 0 Å². The number of hydrogen-bond donors (Lipinski definition) is 0. The highest BCUT2D eigenvalue weighted by Crippen LogP contribution is 2.45. The van der Waals surface area contributed by atoms with Crippen molar-refractivity contribution < 1.29 is 0 Å². The lowest BCUT2D eigenvalue weighted by molar-refractivity contribution is 0.0533. The average molecular weight is 825 g/mol. The van der Waals surface area contributed by atoms with E-state index in [1.807, 2.05) is 0 Å². The van der Waals surface area contributed by atoms with Crippen LogP contribution in [0, 0.1) is 0 Å². The minimum Gasteiger partial charge on any atom is -0.231 e. The summed E-state index contributed by atoms with van der Waals surface area (Å²) in [7, 11) is -3.00. The van der Waals surface area contributed by atoms with Gasteiger partial charge in [-0.2, -0.15) is 0 Å². The summed E-state index contributed by atoms with van der Waals surface area (Å²) in [6.07, 6.45) is 3.62. The fraction of sp³-hybridized carbons (Fsp3) is 0.0769. The third kappa shape index (κ3) is 10.5. The molecule has 8 aromatic rings. The molecule has 0 amide bonds. The van der Waals surface area contributed by atoms with Crippen molar-refractivity contribution in [3.63, 3.8) is 0 Å². The highest BCUT2D eigenvalue weighted by molar-refractivity contribution is 7.74. The second kappa shape index (κ2) is 20.9. The smallest absolute Gasteiger partial charge is 0.0420 e. The topological polar surface area (TPSA) is 6.48 Å². The Morgan fingerprint density at radius 1 is 0.190 bits per heavy atom. The quantitative estimate of drug-likeness (QED) is 0.0667. The van der Waals surface area contributed by atoms with Gasteiger partial charge in [0.2, 0.25) is 0 Å². The molecule has 0 aliphatic carbocycles. The van der Waals surface area contributed by atoms with E-state index in [-0.39, 0.29) is 0 Å². The molecule has 8 rings (SSSR count). The summed E-state index contributed by atoms with van der Waals surface area (Å²) in [6, 6.07) is 90.2. The Kier molecular flexibility index (Phi) is 14.5. The molecule has 0 radical (unpaired) electrons. The zero-order chi connectivity index (χ0) is 39.2. The Morgan fingerprint density at radius 2 is 0.310 bits per heavy atom. The van der Waals surface area contributed by atoms with Crippen LogP contribution in [0.5, 0.6) is 0 Å². The monoisotopic (exact) mass is 824 g/mol. The normalized spacial score (nSPS) is 11.6. The van der Waals surface area contributed by atoms with E-state index in [0.29, 0.717) is 0 Å². The summed E-state index contributed by atoms with van der Waals surface area (Å²) in [5.74, 6) is 0. The summed E-state index contributed by atoms with van der Waals surface area (Å²) in [5, 5.41) is 16.9. The number of benzene rings is 8. The maximum atomic E-state index is 2.82. The van der Waals surface area contributed by atoms with Crippen LogP contribution in [0.15, 0.2) is 243 Å².